The van der Waals surface area contributed by atoms with Crippen LogP contribution in [0.5, 0.6) is 0 Å². The Hall–Kier alpha value is -2.15. The average molecular weight is 341 g/mol. The molecule has 24 heavy (non-hydrogen) atoms. The third-order valence-electron chi connectivity index (χ3n) is 3.09. The smallest absolute Gasteiger partial charge is 0.412 e. The van der Waals surface area contributed by atoms with Gasteiger partial charge in [-0.25, -0.2) is 14.0 Å². The van der Waals surface area contributed by atoms with Crippen LogP contribution in [-0.2, 0) is 25.4 Å². The molecular formula is C17H24FNO5. The van der Waals surface area contributed by atoms with Crippen molar-refractivity contribution >= 4 is 12.1 Å². The Labute approximate surface area is 141 Å². The Morgan fingerprint density at radius 2 is 1.75 bits per heavy atom. The second kappa shape index (κ2) is 8.63. The van der Waals surface area contributed by atoms with Gasteiger partial charge in [0.05, 0.1) is 7.11 Å². The molecule has 0 aromatic heterocycles. The van der Waals surface area contributed by atoms with Crippen molar-refractivity contribution in [2.75, 3.05) is 21.0 Å². The summed E-state index contributed by atoms with van der Waals surface area (Å²) in [5, 5.41) is 0. The summed E-state index contributed by atoms with van der Waals surface area (Å²) in [6, 6.07) is 4.72. The molecule has 0 heterocycles. The van der Waals surface area contributed by atoms with Gasteiger partial charge in [0, 0.05) is 13.5 Å². The lowest BCUT2D eigenvalue weighted by Crippen LogP contribution is -2.49. The molecule has 0 N–H and O–H groups in total. The molecule has 1 aromatic carbocycles. The highest BCUT2D eigenvalue weighted by molar-refractivity contribution is 5.81. The van der Waals surface area contributed by atoms with E-state index in [4.69, 9.17) is 14.2 Å². The van der Waals surface area contributed by atoms with Crippen molar-refractivity contribution in [2.24, 2.45) is 0 Å². The van der Waals surface area contributed by atoms with E-state index in [0.29, 0.717) is 5.56 Å². The van der Waals surface area contributed by atoms with Crippen LogP contribution in [0.2, 0.25) is 0 Å². The average Bonchev–Trinajstić information content (AvgIpc) is 2.50. The van der Waals surface area contributed by atoms with Gasteiger partial charge in [0.15, 0.2) is 0 Å². The Kier molecular flexibility index (Phi) is 7.16. The van der Waals surface area contributed by atoms with E-state index in [2.05, 4.69) is 0 Å². The predicted molar refractivity (Wildman–Crippen MR) is 85.9 cm³/mol. The molecule has 1 amide bonds. The van der Waals surface area contributed by atoms with Gasteiger partial charge in [-0.1, -0.05) is 12.1 Å². The number of ether oxygens (including phenoxy) is 3. The summed E-state index contributed by atoms with van der Waals surface area (Å²) in [6.07, 6.45) is -0.544. The van der Waals surface area contributed by atoms with E-state index in [0.717, 1.165) is 4.90 Å². The first-order valence-corrected chi connectivity index (χ1v) is 7.48. The van der Waals surface area contributed by atoms with E-state index in [1.165, 1.54) is 26.4 Å². The summed E-state index contributed by atoms with van der Waals surface area (Å²) in [5.41, 5.74) is -0.0453. The van der Waals surface area contributed by atoms with Gasteiger partial charge >= 0.3 is 12.1 Å². The SMILES string of the molecule is COCN(C(=O)OC(C)(C)C)[C@@H](Cc1ccc(F)cc1)C(=O)OC. The number of nitrogens with zero attached hydrogens (tertiary/aromatic N) is 1. The zero-order valence-corrected chi connectivity index (χ0v) is 14.7. The fraction of sp³-hybridized carbons (Fsp3) is 0.529. The van der Waals surface area contributed by atoms with Crippen molar-refractivity contribution in [1.82, 2.24) is 4.90 Å². The first-order chi connectivity index (χ1) is 11.2. The van der Waals surface area contributed by atoms with Crippen LogP contribution in [0.25, 0.3) is 0 Å². The maximum absolute atomic E-state index is 13.0. The number of halogens is 1. The number of esters is 1. The van der Waals surface area contributed by atoms with Crippen LogP contribution in [0.15, 0.2) is 24.3 Å². The van der Waals surface area contributed by atoms with Gasteiger partial charge in [-0.15, -0.1) is 0 Å². The summed E-state index contributed by atoms with van der Waals surface area (Å²) in [4.78, 5) is 25.7. The number of amides is 1. The minimum atomic E-state index is -0.949. The minimum Gasteiger partial charge on any atom is -0.467 e. The van der Waals surface area contributed by atoms with E-state index in [1.54, 1.807) is 32.9 Å². The lowest BCUT2D eigenvalue weighted by atomic mass is 10.0. The molecule has 1 rings (SSSR count). The predicted octanol–water partition coefficient (Wildman–Crippen LogP) is 2.75. The minimum absolute atomic E-state index is 0.143. The molecule has 0 radical (unpaired) electrons. The fourth-order valence-electron chi connectivity index (χ4n) is 2.03. The summed E-state index contributed by atoms with van der Waals surface area (Å²) in [5.74, 6) is -0.989. The van der Waals surface area contributed by atoms with Gasteiger partial charge in [-0.2, -0.15) is 0 Å². The van der Waals surface area contributed by atoms with Gasteiger partial charge in [0.1, 0.15) is 24.2 Å². The van der Waals surface area contributed by atoms with Crippen LogP contribution < -0.4 is 0 Å². The highest BCUT2D eigenvalue weighted by atomic mass is 19.1. The van der Waals surface area contributed by atoms with Crippen molar-refractivity contribution in [2.45, 2.75) is 38.8 Å². The summed E-state index contributed by atoms with van der Waals surface area (Å²) >= 11 is 0. The van der Waals surface area contributed by atoms with E-state index < -0.39 is 23.7 Å². The molecule has 0 saturated carbocycles. The molecule has 7 heteroatoms. The molecule has 0 bridgehead atoms. The van der Waals surface area contributed by atoms with Gasteiger partial charge < -0.3 is 14.2 Å². The molecule has 1 atom stereocenters. The van der Waals surface area contributed by atoms with Crippen molar-refractivity contribution in [3.8, 4) is 0 Å². The normalized spacial score (nSPS) is 12.4. The first-order valence-electron chi connectivity index (χ1n) is 7.48. The number of carbonyl (C=O) groups is 2. The van der Waals surface area contributed by atoms with Crippen molar-refractivity contribution in [3.63, 3.8) is 0 Å². The molecule has 6 nitrogen and oxygen atoms in total. The Balaban J connectivity index is 3.05. The third kappa shape index (κ3) is 6.16. The Bertz CT molecular complexity index is 553. The van der Waals surface area contributed by atoms with Crippen LogP contribution in [0.4, 0.5) is 9.18 Å². The quantitative estimate of drug-likeness (QED) is 0.588. The Morgan fingerprint density at radius 3 is 2.21 bits per heavy atom. The van der Waals surface area contributed by atoms with Crippen molar-refractivity contribution < 1.29 is 28.2 Å². The van der Waals surface area contributed by atoms with Crippen LogP contribution in [0, 0.1) is 5.82 Å². The molecule has 0 spiro atoms. The molecule has 1 aromatic rings. The molecule has 0 aliphatic carbocycles. The molecular weight excluding hydrogens is 317 g/mol. The molecule has 0 aliphatic rings. The van der Waals surface area contributed by atoms with Crippen LogP contribution >= 0.6 is 0 Å². The number of hydrogen-bond donors (Lipinski definition) is 0. The standard InChI is InChI=1S/C17H24FNO5/c1-17(2,3)24-16(21)19(11-22-4)14(15(20)23-5)10-12-6-8-13(18)9-7-12/h6-9,14H,10-11H2,1-5H3/t14-/m0/s1. The number of benzene rings is 1. The monoisotopic (exact) mass is 341 g/mol. The first kappa shape index (κ1) is 19.9. The lowest BCUT2D eigenvalue weighted by molar-refractivity contribution is -0.148. The Morgan fingerprint density at radius 1 is 1.17 bits per heavy atom. The maximum Gasteiger partial charge on any atom is 0.412 e. The zero-order valence-electron chi connectivity index (χ0n) is 14.7. The van der Waals surface area contributed by atoms with Gasteiger partial charge in [-0.3, -0.25) is 4.90 Å². The van der Waals surface area contributed by atoms with Crippen molar-refractivity contribution in [1.29, 1.82) is 0 Å². The van der Waals surface area contributed by atoms with E-state index in [1.807, 2.05) is 0 Å². The number of carbonyl (C=O) groups excluding carboxylic acids is 2. The highest BCUT2D eigenvalue weighted by Crippen LogP contribution is 2.16. The summed E-state index contributed by atoms with van der Waals surface area (Å²) in [6.45, 7) is 5.03. The van der Waals surface area contributed by atoms with Crippen LogP contribution in [0.3, 0.4) is 0 Å². The third-order valence-corrected chi connectivity index (χ3v) is 3.09. The second-order valence-corrected chi connectivity index (χ2v) is 6.24. The molecule has 134 valence electrons. The van der Waals surface area contributed by atoms with Gasteiger partial charge in [0.2, 0.25) is 0 Å². The van der Waals surface area contributed by atoms with E-state index in [-0.39, 0.29) is 19.0 Å². The maximum atomic E-state index is 13.0. The number of methoxy groups -OCH3 is 2. The molecule has 0 aliphatic heterocycles. The van der Waals surface area contributed by atoms with Crippen molar-refractivity contribution in [3.05, 3.63) is 35.6 Å². The van der Waals surface area contributed by atoms with Crippen LogP contribution in [0.1, 0.15) is 26.3 Å². The fourth-order valence-corrected chi connectivity index (χ4v) is 2.03. The zero-order chi connectivity index (χ0) is 18.3. The summed E-state index contributed by atoms with van der Waals surface area (Å²) < 4.78 is 28.2. The number of rotatable bonds is 6. The topological polar surface area (TPSA) is 65.1 Å². The molecule has 0 fully saturated rings. The van der Waals surface area contributed by atoms with Crippen LogP contribution in [-0.4, -0.2) is 49.6 Å². The van der Waals surface area contributed by atoms with E-state index in [9.17, 15) is 14.0 Å². The van der Waals surface area contributed by atoms with E-state index >= 15 is 0 Å². The number of hydrogen-bond acceptors (Lipinski definition) is 5. The van der Waals surface area contributed by atoms with Gasteiger partial charge in [0.25, 0.3) is 0 Å². The molecule has 0 saturated heterocycles. The second-order valence-electron chi connectivity index (χ2n) is 6.24. The lowest BCUT2D eigenvalue weighted by Gasteiger charge is -2.31. The molecule has 0 unspecified atom stereocenters. The van der Waals surface area contributed by atoms with Gasteiger partial charge in [-0.05, 0) is 38.5 Å². The highest BCUT2D eigenvalue weighted by Gasteiger charge is 2.34. The summed E-state index contributed by atoms with van der Waals surface area (Å²) in [7, 11) is 2.64. The largest absolute Gasteiger partial charge is 0.467 e.